The molecule has 1 saturated carbocycles. The Hall–Kier alpha value is -2.40. The third-order valence-electron chi connectivity index (χ3n) is 6.17. The van der Waals surface area contributed by atoms with Gasteiger partial charge >= 0.3 is 0 Å². The summed E-state index contributed by atoms with van der Waals surface area (Å²) in [5, 5.41) is 7.53. The molecular formula is C24H29N3OS. The quantitative estimate of drug-likeness (QED) is 0.695. The van der Waals surface area contributed by atoms with Gasteiger partial charge in [-0.15, -0.1) is 0 Å². The molecule has 0 atom stereocenters. The van der Waals surface area contributed by atoms with Gasteiger partial charge in [0.05, 0.1) is 5.54 Å². The molecule has 29 heavy (non-hydrogen) atoms. The lowest BCUT2D eigenvalue weighted by molar-refractivity contribution is 0.0724. The first kappa shape index (κ1) is 19.9. The number of nitrogens with zero attached hydrogens (tertiary/aromatic N) is 1. The monoisotopic (exact) mass is 407 g/mol. The molecule has 1 aliphatic heterocycles. The van der Waals surface area contributed by atoms with Gasteiger partial charge in [0.25, 0.3) is 5.91 Å². The predicted molar refractivity (Wildman–Crippen MR) is 122 cm³/mol. The third-order valence-corrected chi connectivity index (χ3v) is 6.37. The van der Waals surface area contributed by atoms with Crippen molar-refractivity contribution in [2.45, 2.75) is 50.5 Å². The molecule has 2 aromatic rings. The maximum atomic E-state index is 12.6. The van der Waals surface area contributed by atoms with E-state index in [0.29, 0.717) is 5.11 Å². The first-order chi connectivity index (χ1) is 14.2. The van der Waals surface area contributed by atoms with Crippen molar-refractivity contribution in [1.82, 2.24) is 10.2 Å². The number of hydrogen-bond acceptors (Lipinski definition) is 2. The van der Waals surface area contributed by atoms with Crippen LogP contribution >= 0.6 is 12.2 Å². The first-order valence-electron chi connectivity index (χ1n) is 10.7. The molecule has 0 radical (unpaired) electrons. The van der Waals surface area contributed by atoms with Gasteiger partial charge in [-0.2, -0.15) is 0 Å². The fraction of sp³-hybridized carbons (Fsp3) is 0.417. The molecule has 4 nitrogen and oxygen atoms in total. The molecule has 2 aliphatic rings. The largest absolute Gasteiger partial charge is 0.353 e. The Morgan fingerprint density at radius 3 is 2.17 bits per heavy atom. The molecule has 1 amide bonds. The zero-order chi connectivity index (χ0) is 20.1. The summed E-state index contributed by atoms with van der Waals surface area (Å²) in [6.07, 6.45) is 8.02. The van der Waals surface area contributed by atoms with E-state index in [2.05, 4.69) is 41.0 Å². The molecule has 1 saturated heterocycles. The summed E-state index contributed by atoms with van der Waals surface area (Å²) >= 11 is 5.63. The van der Waals surface area contributed by atoms with Crippen LogP contribution in [-0.2, 0) is 5.54 Å². The van der Waals surface area contributed by atoms with E-state index in [1.54, 1.807) is 0 Å². The Labute approximate surface area is 178 Å². The average Bonchev–Trinajstić information content (AvgIpc) is 3.24. The second kappa shape index (κ2) is 8.95. The van der Waals surface area contributed by atoms with Gasteiger partial charge in [0, 0.05) is 24.3 Å². The number of hydrogen-bond donors (Lipinski definition) is 2. The lowest BCUT2D eigenvalue weighted by atomic mass is 9.88. The van der Waals surface area contributed by atoms with Crippen LogP contribution < -0.4 is 10.6 Å². The summed E-state index contributed by atoms with van der Waals surface area (Å²) in [5.74, 6) is 0.130. The number of amides is 1. The van der Waals surface area contributed by atoms with Crippen LogP contribution in [0.5, 0.6) is 0 Å². The normalized spacial score (nSPS) is 18.3. The summed E-state index contributed by atoms with van der Waals surface area (Å²) in [6.45, 7) is 1.74. The van der Waals surface area contributed by atoms with Crippen molar-refractivity contribution < 1.29 is 4.79 Å². The summed E-state index contributed by atoms with van der Waals surface area (Å²) in [7, 11) is 0. The molecule has 0 bridgehead atoms. The predicted octanol–water partition coefficient (Wildman–Crippen LogP) is 5.07. The number of rotatable bonds is 4. The smallest absolute Gasteiger partial charge is 0.253 e. The lowest BCUT2D eigenvalue weighted by Crippen LogP contribution is -2.45. The molecule has 0 spiro atoms. The van der Waals surface area contributed by atoms with E-state index in [4.69, 9.17) is 12.2 Å². The minimum Gasteiger partial charge on any atom is -0.353 e. The van der Waals surface area contributed by atoms with Gasteiger partial charge < -0.3 is 15.5 Å². The second-order valence-corrected chi connectivity index (χ2v) is 8.57. The van der Waals surface area contributed by atoms with Crippen molar-refractivity contribution in [3.63, 3.8) is 0 Å². The maximum Gasteiger partial charge on any atom is 0.253 e. The number of piperidine rings is 1. The highest BCUT2D eigenvalue weighted by atomic mass is 32.1. The van der Waals surface area contributed by atoms with Crippen LogP contribution in [0.4, 0.5) is 5.69 Å². The Kier molecular flexibility index (Phi) is 6.14. The van der Waals surface area contributed by atoms with Crippen molar-refractivity contribution in [2.24, 2.45) is 0 Å². The van der Waals surface area contributed by atoms with Crippen LogP contribution in [0.3, 0.4) is 0 Å². The Balaban J connectivity index is 1.40. The number of carbonyl (C=O) groups is 1. The van der Waals surface area contributed by atoms with Gasteiger partial charge in [-0.05, 0) is 74.2 Å². The number of thiocarbonyl (C=S) groups is 1. The highest BCUT2D eigenvalue weighted by molar-refractivity contribution is 7.80. The fourth-order valence-corrected chi connectivity index (χ4v) is 4.89. The Morgan fingerprint density at radius 1 is 0.862 bits per heavy atom. The fourth-order valence-electron chi connectivity index (χ4n) is 4.58. The molecule has 1 aliphatic carbocycles. The molecule has 5 heteroatoms. The summed E-state index contributed by atoms with van der Waals surface area (Å²) in [6, 6.07) is 18.3. The molecule has 0 unspecified atom stereocenters. The summed E-state index contributed by atoms with van der Waals surface area (Å²) < 4.78 is 0. The van der Waals surface area contributed by atoms with Gasteiger partial charge in [-0.1, -0.05) is 43.2 Å². The highest BCUT2D eigenvalue weighted by Gasteiger charge is 2.36. The minimum atomic E-state index is -0.0878. The van der Waals surface area contributed by atoms with E-state index >= 15 is 0 Å². The number of nitrogens with one attached hydrogen (secondary N) is 2. The number of carbonyl (C=O) groups excluding carboxylic acids is 1. The van der Waals surface area contributed by atoms with Crippen LogP contribution in [0, 0.1) is 0 Å². The van der Waals surface area contributed by atoms with E-state index in [1.807, 2.05) is 29.2 Å². The van der Waals surface area contributed by atoms with Gasteiger partial charge in [-0.3, -0.25) is 4.79 Å². The Morgan fingerprint density at radius 2 is 1.52 bits per heavy atom. The number of benzene rings is 2. The molecule has 2 N–H and O–H groups in total. The molecule has 1 heterocycles. The molecule has 2 fully saturated rings. The van der Waals surface area contributed by atoms with Gasteiger partial charge in [0.1, 0.15) is 0 Å². The van der Waals surface area contributed by atoms with E-state index < -0.39 is 0 Å². The van der Waals surface area contributed by atoms with Crippen molar-refractivity contribution in [2.75, 3.05) is 18.4 Å². The van der Waals surface area contributed by atoms with Gasteiger partial charge in [0.2, 0.25) is 0 Å². The first-order valence-corrected chi connectivity index (χ1v) is 11.1. The summed E-state index contributed by atoms with van der Waals surface area (Å²) in [5.41, 5.74) is 2.85. The topological polar surface area (TPSA) is 44.4 Å². The number of likely N-dealkylation sites (tertiary alicyclic amines) is 1. The minimum absolute atomic E-state index is 0.0878. The van der Waals surface area contributed by atoms with E-state index in [9.17, 15) is 4.79 Å². The molecule has 0 aromatic heterocycles. The van der Waals surface area contributed by atoms with Crippen LogP contribution in [-0.4, -0.2) is 29.0 Å². The second-order valence-electron chi connectivity index (χ2n) is 8.16. The maximum absolute atomic E-state index is 12.6. The number of anilines is 1. The highest BCUT2D eigenvalue weighted by Crippen LogP contribution is 2.38. The Bertz CT molecular complexity index is 838. The molecular weight excluding hydrogens is 378 g/mol. The zero-order valence-corrected chi connectivity index (χ0v) is 17.6. The third kappa shape index (κ3) is 4.61. The van der Waals surface area contributed by atoms with Crippen LogP contribution in [0.15, 0.2) is 54.6 Å². The van der Waals surface area contributed by atoms with Crippen molar-refractivity contribution in [1.29, 1.82) is 0 Å². The average molecular weight is 408 g/mol. The van der Waals surface area contributed by atoms with E-state index in [1.165, 1.54) is 24.8 Å². The van der Waals surface area contributed by atoms with E-state index in [-0.39, 0.29) is 11.4 Å². The van der Waals surface area contributed by atoms with Crippen molar-refractivity contribution >= 4 is 28.9 Å². The zero-order valence-electron chi connectivity index (χ0n) is 16.8. The molecule has 2 aromatic carbocycles. The standard InChI is InChI=1S/C24H29N3OS/c28-22(27-17-7-2-8-18-27)19-11-13-21(14-12-19)25-23(29)26-24(15-5-6-16-24)20-9-3-1-4-10-20/h1,3-4,9-14H,2,5-8,15-18H2,(H2,25,26,29). The van der Waals surface area contributed by atoms with Crippen LogP contribution in [0.2, 0.25) is 0 Å². The van der Waals surface area contributed by atoms with Crippen LogP contribution in [0.25, 0.3) is 0 Å². The SMILES string of the molecule is O=C(c1ccc(NC(=S)NC2(c3ccccc3)CCCC2)cc1)N1CCCCC1. The molecule has 152 valence electrons. The lowest BCUT2D eigenvalue weighted by Gasteiger charge is -2.32. The summed E-state index contributed by atoms with van der Waals surface area (Å²) in [4.78, 5) is 14.6. The van der Waals surface area contributed by atoms with Crippen molar-refractivity contribution in [3.8, 4) is 0 Å². The van der Waals surface area contributed by atoms with Crippen LogP contribution in [0.1, 0.15) is 60.9 Å². The molecule has 4 rings (SSSR count). The van der Waals surface area contributed by atoms with E-state index in [0.717, 1.165) is 50.0 Å². The van der Waals surface area contributed by atoms with Gasteiger partial charge in [0.15, 0.2) is 5.11 Å². The van der Waals surface area contributed by atoms with Gasteiger partial charge in [-0.25, -0.2) is 0 Å². The van der Waals surface area contributed by atoms with Crippen molar-refractivity contribution in [3.05, 3.63) is 65.7 Å².